The smallest absolute Gasteiger partial charge is 0.227 e. The number of halogens is 1. The van der Waals surface area contributed by atoms with Crippen molar-refractivity contribution in [3.63, 3.8) is 0 Å². The molecule has 0 N–H and O–H groups in total. The maximum Gasteiger partial charge on any atom is 0.227 e. The summed E-state index contributed by atoms with van der Waals surface area (Å²) in [4.78, 5) is 11.9. The average molecular weight is 236 g/mol. The number of nitrogens with zero attached hydrogens (tertiary/aromatic N) is 3. The maximum atomic E-state index is 5.95. The van der Waals surface area contributed by atoms with Crippen molar-refractivity contribution in [3.8, 4) is 11.6 Å². The molecule has 0 amide bonds. The van der Waals surface area contributed by atoms with E-state index in [2.05, 4.69) is 15.0 Å². The lowest BCUT2D eigenvalue weighted by Gasteiger charge is -2.08. The van der Waals surface area contributed by atoms with Crippen LogP contribution in [0.4, 0.5) is 0 Å². The van der Waals surface area contributed by atoms with Crippen molar-refractivity contribution in [3.05, 3.63) is 41.6 Å². The first-order valence-electron chi connectivity index (χ1n) is 4.88. The van der Waals surface area contributed by atoms with Gasteiger partial charge in [0.2, 0.25) is 5.88 Å². The van der Waals surface area contributed by atoms with E-state index in [0.29, 0.717) is 16.8 Å². The van der Waals surface area contributed by atoms with Gasteiger partial charge in [-0.05, 0) is 18.6 Å². The fourth-order valence-electron chi connectivity index (χ4n) is 1.28. The number of pyridine rings is 1. The molecule has 0 atom stereocenters. The Kier molecular flexibility index (Phi) is 3.31. The summed E-state index contributed by atoms with van der Waals surface area (Å²) >= 11 is 5.95. The zero-order valence-corrected chi connectivity index (χ0v) is 9.48. The molecule has 2 heterocycles. The van der Waals surface area contributed by atoms with Gasteiger partial charge in [-0.2, -0.15) is 0 Å². The third kappa shape index (κ3) is 2.28. The second-order valence-electron chi connectivity index (χ2n) is 3.09. The van der Waals surface area contributed by atoms with E-state index in [-0.39, 0.29) is 0 Å². The summed E-state index contributed by atoms with van der Waals surface area (Å²) in [6.07, 6.45) is 5.40. The van der Waals surface area contributed by atoms with Crippen LogP contribution < -0.4 is 4.74 Å². The quantitative estimate of drug-likeness (QED) is 0.768. The minimum absolute atomic E-state index is 0.427. The molecule has 0 saturated carbocycles. The average Bonchev–Trinajstić information content (AvgIpc) is 2.31. The maximum absolute atomic E-state index is 5.95. The molecule has 2 aromatic heterocycles. The van der Waals surface area contributed by atoms with Gasteiger partial charge in [0.1, 0.15) is 17.2 Å². The highest BCUT2D eigenvalue weighted by molar-refractivity contribution is 6.30. The van der Waals surface area contributed by atoms with Gasteiger partial charge in [0.15, 0.2) is 0 Å². The molecule has 0 spiro atoms. The minimum atomic E-state index is 0.427. The lowest BCUT2D eigenvalue weighted by molar-refractivity contribution is 0.453. The van der Waals surface area contributed by atoms with E-state index in [9.17, 15) is 0 Å². The lowest BCUT2D eigenvalue weighted by atomic mass is 10.2. The molecule has 0 fully saturated rings. The first-order chi connectivity index (χ1) is 7.81. The fraction of sp³-hybridized carbons (Fsp3) is 0.182. The summed E-state index contributed by atoms with van der Waals surface area (Å²) in [6, 6.07) is 3.60. The van der Waals surface area contributed by atoms with E-state index >= 15 is 0 Å². The second kappa shape index (κ2) is 4.90. The van der Waals surface area contributed by atoms with Crippen LogP contribution in [0.5, 0.6) is 11.6 Å². The molecular formula is C11H10ClN3O. The van der Waals surface area contributed by atoms with Crippen molar-refractivity contribution in [2.24, 2.45) is 0 Å². The van der Waals surface area contributed by atoms with Crippen molar-refractivity contribution in [2.45, 2.75) is 13.3 Å². The van der Waals surface area contributed by atoms with Gasteiger partial charge in [-0.15, -0.1) is 0 Å². The summed E-state index contributed by atoms with van der Waals surface area (Å²) in [7, 11) is 0. The largest absolute Gasteiger partial charge is 0.437 e. The predicted octanol–water partition coefficient (Wildman–Crippen LogP) is 2.88. The number of rotatable bonds is 3. The highest BCUT2D eigenvalue weighted by Crippen LogP contribution is 2.26. The molecule has 0 aliphatic rings. The van der Waals surface area contributed by atoms with Crippen molar-refractivity contribution >= 4 is 11.6 Å². The topological polar surface area (TPSA) is 47.9 Å². The number of hydrogen-bond donors (Lipinski definition) is 0. The van der Waals surface area contributed by atoms with Crippen LogP contribution in [-0.4, -0.2) is 15.0 Å². The van der Waals surface area contributed by atoms with E-state index < -0.39 is 0 Å². The molecule has 0 bridgehead atoms. The van der Waals surface area contributed by atoms with Crippen molar-refractivity contribution in [1.82, 2.24) is 15.0 Å². The Balaban J connectivity index is 2.31. The van der Waals surface area contributed by atoms with E-state index in [0.717, 1.165) is 12.0 Å². The molecule has 0 aliphatic carbocycles. The van der Waals surface area contributed by atoms with Crippen molar-refractivity contribution in [2.75, 3.05) is 0 Å². The predicted molar refractivity (Wildman–Crippen MR) is 60.7 cm³/mol. The molecule has 0 unspecified atom stereocenters. The highest BCUT2D eigenvalue weighted by Gasteiger charge is 2.09. The van der Waals surface area contributed by atoms with Crippen LogP contribution in [0.15, 0.2) is 30.9 Å². The van der Waals surface area contributed by atoms with Crippen LogP contribution in [0, 0.1) is 0 Å². The van der Waals surface area contributed by atoms with Crippen LogP contribution in [-0.2, 0) is 6.42 Å². The Morgan fingerprint density at radius 2 is 2.25 bits per heavy atom. The van der Waals surface area contributed by atoms with Gasteiger partial charge in [-0.3, -0.25) is 4.98 Å². The summed E-state index contributed by atoms with van der Waals surface area (Å²) < 4.78 is 5.58. The molecule has 0 radical (unpaired) electrons. The van der Waals surface area contributed by atoms with E-state index in [4.69, 9.17) is 16.3 Å². The first-order valence-corrected chi connectivity index (χ1v) is 5.26. The normalized spacial score (nSPS) is 10.1. The van der Waals surface area contributed by atoms with Crippen LogP contribution in [0.25, 0.3) is 0 Å². The fourth-order valence-corrected chi connectivity index (χ4v) is 1.54. The number of hydrogen-bond acceptors (Lipinski definition) is 4. The summed E-state index contributed by atoms with van der Waals surface area (Å²) in [5, 5.41) is 0.427. The van der Waals surface area contributed by atoms with Crippen LogP contribution in [0.1, 0.15) is 12.5 Å². The third-order valence-corrected chi connectivity index (χ3v) is 2.38. The Morgan fingerprint density at radius 3 is 2.94 bits per heavy atom. The van der Waals surface area contributed by atoms with Crippen LogP contribution >= 0.6 is 11.6 Å². The zero-order valence-electron chi connectivity index (χ0n) is 8.72. The standard InChI is InChI=1S/C11H10ClN3O/c1-2-9-10(12)14-7-15-11(9)16-8-4-3-5-13-6-8/h3-7H,2H2,1H3. The van der Waals surface area contributed by atoms with Gasteiger partial charge >= 0.3 is 0 Å². The molecule has 2 aromatic rings. The Hall–Kier alpha value is -1.68. The molecule has 82 valence electrons. The van der Waals surface area contributed by atoms with Crippen LogP contribution in [0.3, 0.4) is 0 Å². The molecule has 2 rings (SSSR count). The first kappa shape index (κ1) is 10.8. The Morgan fingerprint density at radius 1 is 1.38 bits per heavy atom. The highest BCUT2D eigenvalue weighted by atomic mass is 35.5. The third-order valence-electron chi connectivity index (χ3n) is 2.06. The van der Waals surface area contributed by atoms with Crippen molar-refractivity contribution < 1.29 is 4.74 Å². The van der Waals surface area contributed by atoms with Gasteiger partial charge in [-0.1, -0.05) is 18.5 Å². The van der Waals surface area contributed by atoms with Gasteiger partial charge in [-0.25, -0.2) is 9.97 Å². The molecule has 0 aromatic carbocycles. The van der Waals surface area contributed by atoms with Gasteiger partial charge in [0, 0.05) is 6.20 Å². The number of ether oxygens (including phenoxy) is 1. The molecule has 0 saturated heterocycles. The zero-order chi connectivity index (χ0) is 11.4. The summed E-state index contributed by atoms with van der Waals surface area (Å²) in [6.45, 7) is 1.97. The Labute approximate surface area is 98.3 Å². The van der Waals surface area contributed by atoms with Crippen molar-refractivity contribution in [1.29, 1.82) is 0 Å². The van der Waals surface area contributed by atoms with E-state index in [1.807, 2.05) is 13.0 Å². The van der Waals surface area contributed by atoms with Gasteiger partial charge in [0.05, 0.1) is 11.8 Å². The summed E-state index contributed by atoms with van der Waals surface area (Å²) in [5.74, 6) is 1.11. The lowest BCUT2D eigenvalue weighted by Crippen LogP contribution is -1.96. The second-order valence-corrected chi connectivity index (χ2v) is 3.45. The molecule has 5 heteroatoms. The number of aromatic nitrogens is 3. The van der Waals surface area contributed by atoms with E-state index in [1.54, 1.807) is 18.5 Å². The van der Waals surface area contributed by atoms with Gasteiger partial charge < -0.3 is 4.74 Å². The Bertz CT molecular complexity index is 476. The van der Waals surface area contributed by atoms with E-state index in [1.165, 1.54) is 6.33 Å². The molecule has 16 heavy (non-hydrogen) atoms. The molecule has 0 aliphatic heterocycles. The molecular weight excluding hydrogens is 226 g/mol. The van der Waals surface area contributed by atoms with Crippen LogP contribution in [0.2, 0.25) is 5.15 Å². The van der Waals surface area contributed by atoms with Gasteiger partial charge in [0.25, 0.3) is 0 Å². The summed E-state index contributed by atoms with van der Waals surface area (Å²) in [5.41, 5.74) is 0.799. The molecule has 4 nitrogen and oxygen atoms in total. The monoisotopic (exact) mass is 235 g/mol. The minimum Gasteiger partial charge on any atom is -0.437 e. The SMILES string of the molecule is CCc1c(Cl)ncnc1Oc1cccnc1.